The molecule has 0 saturated heterocycles. The molecule has 0 aliphatic heterocycles. The van der Waals surface area contributed by atoms with Crippen molar-refractivity contribution in [1.29, 1.82) is 0 Å². The predicted octanol–water partition coefficient (Wildman–Crippen LogP) is 2.74. The van der Waals surface area contributed by atoms with Crippen LogP contribution in [0.2, 0.25) is 0 Å². The number of hydrogen-bond acceptors (Lipinski definition) is 6. The molecule has 142 valence electrons. The molecule has 0 N–H and O–H groups in total. The van der Waals surface area contributed by atoms with Gasteiger partial charge in [-0.15, -0.1) is 0 Å². The summed E-state index contributed by atoms with van der Waals surface area (Å²) in [6, 6.07) is 0. The summed E-state index contributed by atoms with van der Waals surface area (Å²) < 4.78 is 26.5. The molecule has 0 saturated carbocycles. The lowest BCUT2D eigenvalue weighted by Crippen LogP contribution is -2.24. The van der Waals surface area contributed by atoms with Crippen LogP contribution in [0.15, 0.2) is 12.2 Å². The lowest BCUT2D eigenvalue weighted by Gasteiger charge is -2.19. The molecular formula is C17H31BrO6. The number of carbonyl (C=O) groups is 1. The molecule has 0 spiro atoms. The summed E-state index contributed by atoms with van der Waals surface area (Å²) in [4.78, 5) is 11.4. The minimum atomic E-state index is -0.449. The van der Waals surface area contributed by atoms with E-state index in [1.54, 1.807) is 0 Å². The molecular weight excluding hydrogens is 380 g/mol. The van der Waals surface area contributed by atoms with Crippen molar-refractivity contribution in [2.45, 2.75) is 32.8 Å². The van der Waals surface area contributed by atoms with Crippen LogP contribution in [0, 0.1) is 0 Å². The molecule has 0 heterocycles. The van der Waals surface area contributed by atoms with Crippen molar-refractivity contribution in [3.05, 3.63) is 12.2 Å². The zero-order valence-electron chi connectivity index (χ0n) is 15.1. The van der Waals surface area contributed by atoms with Gasteiger partial charge in [-0.3, -0.25) is 4.79 Å². The maximum absolute atomic E-state index is 11.4. The fourth-order valence-electron chi connectivity index (χ4n) is 1.49. The fourth-order valence-corrected chi connectivity index (χ4v) is 1.75. The largest absolute Gasteiger partial charge is 0.460 e. The Kier molecular flexibility index (Phi) is 15.7. The van der Waals surface area contributed by atoms with Gasteiger partial charge in [-0.25, -0.2) is 0 Å². The molecule has 0 bridgehead atoms. The van der Waals surface area contributed by atoms with Gasteiger partial charge in [0.15, 0.2) is 0 Å². The number of carbonyl (C=O) groups excluding carboxylic acids is 1. The molecule has 7 heteroatoms. The van der Waals surface area contributed by atoms with Gasteiger partial charge in [0.25, 0.3) is 0 Å². The quantitative estimate of drug-likeness (QED) is 0.179. The topological polar surface area (TPSA) is 63.2 Å². The molecule has 0 rings (SSSR count). The summed E-state index contributed by atoms with van der Waals surface area (Å²) in [7, 11) is 0. The van der Waals surface area contributed by atoms with Crippen molar-refractivity contribution in [3.63, 3.8) is 0 Å². The third-order valence-corrected chi connectivity index (χ3v) is 2.83. The molecule has 0 atom stereocenters. The van der Waals surface area contributed by atoms with E-state index < -0.39 is 5.60 Å². The zero-order chi connectivity index (χ0) is 18.1. The van der Waals surface area contributed by atoms with Gasteiger partial charge in [-0.05, 0) is 20.8 Å². The van der Waals surface area contributed by atoms with Crippen LogP contribution >= 0.6 is 15.9 Å². The fraction of sp³-hybridized carbons (Fsp3) is 0.824. The number of esters is 1. The standard InChI is InChI=1S/C17H31BrO6/c1-17(2,3)24-16(19)6-9-21-11-13-23-15-14-22-12-10-20-8-5-4-7-18/h4-5H,6-15H2,1-3H3/b5-4+. The molecule has 6 nitrogen and oxygen atoms in total. The average molecular weight is 411 g/mol. The zero-order valence-corrected chi connectivity index (χ0v) is 16.6. The summed E-state index contributed by atoms with van der Waals surface area (Å²) in [6.45, 7) is 9.57. The molecule has 0 fully saturated rings. The Labute approximate surface area is 153 Å². The highest BCUT2D eigenvalue weighted by Gasteiger charge is 2.15. The first-order valence-electron chi connectivity index (χ1n) is 8.19. The summed E-state index contributed by atoms with van der Waals surface area (Å²) in [5, 5.41) is 0.842. The van der Waals surface area contributed by atoms with E-state index in [0.717, 1.165) is 5.33 Å². The van der Waals surface area contributed by atoms with Crippen LogP contribution < -0.4 is 0 Å². The van der Waals surface area contributed by atoms with E-state index in [2.05, 4.69) is 15.9 Å². The summed E-state index contributed by atoms with van der Waals surface area (Å²) in [6.07, 6.45) is 4.20. The number of hydrogen-bond donors (Lipinski definition) is 0. The highest BCUT2D eigenvalue weighted by molar-refractivity contribution is 9.09. The first-order valence-corrected chi connectivity index (χ1v) is 9.31. The van der Waals surface area contributed by atoms with Gasteiger partial charge < -0.3 is 23.7 Å². The first-order chi connectivity index (χ1) is 11.5. The van der Waals surface area contributed by atoms with Gasteiger partial charge in [0, 0.05) is 5.33 Å². The molecule has 0 aromatic carbocycles. The Morgan fingerprint density at radius 2 is 1.33 bits per heavy atom. The van der Waals surface area contributed by atoms with Gasteiger partial charge in [0.2, 0.25) is 0 Å². The Morgan fingerprint density at radius 3 is 1.83 bits per heavy atom. The summed E-state index contributed by atoms with van der Waals surface area (Å²) in [5.74, 6) is -0.248. The molecule has 0 aromatic rings. The van der Waals surface area contributed by atoms with Crippen molar-refractivity contribution in [1.82, 2.24) is 0 Å². The van der Waals surface area contributed by atoms with Crippen LogP contribution in [0.25, 0.3) is 0 Å². The molecule has 0 aliphatic rings. The Hall–Kier alpha value is -0.470. The lowest BCUT2D eigenvalue weighted by molar-refractivity contribution is -0.156. The number of rotatable bonds is 15. The maximum atomic E-state index is 11.4. The monoisotopic (exact) mass is 410 g/mol. The molecule has 0 aromatic heterocycles. The Bertz CT molecular complexity index is 328. The van der Waals surface area contributed by atoms with E-state index in [-0.39, 0.29) is 12.4 Å². The smallest absolute Gasteiger partial charge is 0.308 e. The van der Waals surface area contributed by atoms with E-state index in [1.165, 1.54) is 0 Å². The van der Waals surface area contributed by atoms with Crippen molar-refractivity contribution in [2.24, 2.45) is 0 Å². The van der Waals surface area contributed by atoms with Crippen LogP contribution in [-0.4, -0.2) is 69.8 Å². The number of halogens is 1. The van der Waals surface area contributed by atoms with Gasteiger partial charge in [-0.1, -0.05) is 28.1 Å². The van der Waals surface area contributed by atoms with Crippen LogP contribution in [0.4, 0.5) is 0 Å². The molecule has 0 aliphatic carbocycles. The third-order valence-electron chi connectivity index (χ3n) is 2.46. The van der Waals surface area contributed by atoms with E-state index in [9.17, 15) is 4.79 Å². The number of ether oxygens (including phenoxy) is 5. The van der Waals surface area contributed by atoms with Crippen molar-refractivity contribution < 1.29 is 28.5 Å². The SMILES string of the molecule is CC(C)(C)OC(=O)CCOCCOCCOCCOC/C=C/CBr. The summed E-state index contributed by atoms with van der Waals surface area (Å²) in [5.41, 5.74) is -0.449. The maximum Gasteiger partial charge on any atom is 0.308 e. The molecule has 0 radical (unpaired) electrons. The lowest BCUT2D eigenvalue weighted by atomic mass is 10.2. The average Bonchev–Trinajstić information content (AvgIpc) is 2.49. The second kappa shape index (κ2) is 16.0. The molecule has 0 unspecified atom stereocenters. The van der Waals surface area contributed by atoms with E-state index in [0.29, 0.717) is 52.9 Å². The van der Waals surface area contributed by atoms with Gasteiger partial charge in [-0.2, -0.15) is 0 Å². The van der Waals surface area contributed by atoms with Crippen LogP contribution in [0.3, 0.4) is 0 Å². The van der Waals surface area contributed by atoms with E-state index >= 15 is 0 Å². The van der Waals surface area contributed by atoms with E-state index in [4.69, 9.17) is 23.7 Å². The van der Waals surface area contributed by atoms with Gasteiger partial charge in [0.1, 0.15) is 5.60 Å². The van der Waals surface area contributed by atoms with Crippen molar-refractivity contribution in [3.8, 4) is 0 Å². The Balaban J connectivity index is 3.18. The minimum absolute atomic E-state index is 0.248. The number of alkyl halides is 1. The Morgan fingerprint density at radius 1 is 0.833 bits per heavy atom. The highest BCUT2D eigenvalue weighted by atomic mass is 79.9. The van der Waals surface area contributed by atoms with E-state index in [1.807, 2.05) is 32.9 Å². The predicted molar refractivity (Wildman–Crippen MR) is 96.7 cm³/mol. The second-order valence-corrected chi connectivity index (χ2v) is 6.52. The summed E-state index contributed by atoms with van der Waals surface area (Å²) >= 11 is 3.29. The normalized spacial score (nSPS) is 12.0. The van der Waals surface area contributed by atoms with Crippen molar-refractivity contribution in [2.75, 3.05) is 58.2 Å². The van der Waals surface area contributed by atoms with Crippen LogP contribution in [-0.2, 0) is 28.5 Å². The minimum Gasteiger partial charge on any atom is -0.460 e. The van der Waals surface area contributed by atoms with Gasteiger partial charge in [0.05, 0.1) is 59.3 Å². The third kappa shape index (κ3) is 19.6. The van der Waals surface area contributed by atoms with Crippen molar-refractivity contribution >= 4 is 21.9 Å². The molecule has 0 amide bonds. The van der Waals surface area contributed by atoms with Crippen LogP contribution in [0.1, 0.15) is 27.2 Å². The highest BCUT2D eigenvalue weighted by Crippen LogP contribution is 2.07. The first kappa shape index (κ1) is 23.5. The van der Waals surface area contributed by atoms with Gasteiger partial charge >= 0.3 is 5.97 Å². The second-order valence-electron chi connectivity index (χ2n) is 5.87. The number of allylic oxidation sites excluding steroid dienone is 1. The van der Waals surface area contributed by atoms with Crippen LogP contribution in [0.5, 0.6) is 0 Å². The molecule has 24 heavy (non-hydrogen) atoms.